The molecule has 0 bridgehead atoms. The van der Waals surface area contributed by atoms with Crippen LogP contribution in [0.1, 0.15) is 42.6 Å². The van der Waals surface area contributed by atoms with E-state index in [4.69, 9.17) is 4.99 Å². The standard InChI is InChI=1S/C20H35N5O/c1-6-8-13-25(5)20(21-7-2)23-16-17-10-9-11-18(15-17)19(26)22-12-14-24(3)4/h9-11,15H,6-8,12-14,16H2,1-5H3,(H,21,23)(H,22,26). The second-order valence-corrected chi connectivity index (χ2v) is 6.70. The molecule has 0 saturated heterocycles. The van der Waals surface area contributed by atoms with Crippen LogP contribution >= 0.6 is 0 Å². The molecule has 1 aromatic rings. The van der Waals surface area contributed by atoms with Gasteiger partial charge in [0.2, 0.25) is 0 Å². The topological polar surface area (TPSA) is 60.0 Å². The molecule has 0 unspecified atom stereocenters. The zero-order chi connectivity index (χ0) is 19.4. The number of carbonyl (C=O) groups excluding carboxylic acids is 1. The lowest BCUT2D eigenvalue weighted by molar-refractivity contribution is 0.0951. The van der Waals surface area contributed by atoms with Crippen LogP contribution in [-0.4, -0.2) is 69.0 Å². The molecule has 0 heterocycles. The van der Waals surface area contributed by atoms with Crippen molar-refractivity contribution in [3.8, 4) is 0 Å². The van der Waals surface area contributed by atoms with E-state index in [-0.39, 0.29) is 5.91 Å². The number of nitrogens with one attached hydrogen (secondary N) is 2. The molecule has 2 N–H and O–H groups in total. The Hall–Kier alpha value is -2.08. The van der Waals surface area contributed by atoms with Gasteiger partial charge >= 0.3 is 0 Å². The van der Waals surface area contributed by atoms with Gasteiger partial charge in [-0.25, -0.2) is 4.99 Å². The quantitative estimate of drug-likeness (QED) is 0.495. The fourth-order valence-electron chi connectivity index (χ4n) is 2.44. The summed E-state index contributed by atoms with van der Waals surface area (Å²) >= 11 is 0. The molecule has 1 amide bonds. The first-order valence-corrected chi connectivity index (χ1v) is 9.49. The largest absolute Gasteiger partial charge is 0.357 e. The molecule has 0 spiro atoms. The molecule has 0 fully saturated rings. The Kier molecular flexibility index (Phi) is 10.4. The highest BCUT2D eigenvalue weighted by atomic mass is 16.1. The van der Waals surface area contributed by atoms with Crippen LogP contribution in [0, 0.1) is 0 Å². The van der Waals surface area contributed by atoms with Crippen molar-refractivity contribution in [2.75, 3.05) is 47.3 Å². The fourth-order valence-corrected chi connectivity index (χ4v) is 2.44. The van der Waals surface area contributed by atoms with Crippen molar-refractivity contribution in [2.45, 2.75) is 33.2 Å². The Balaban J connectivity index is 2.71. The molecule has 6 heteroatoms. The minimum absolute atomic E-state index is 0.0374. The molecule has 6 nitrogen and oxygen atoms in total. The number of rotatable bonds is 10. The molecule has 1 aromatic carbocycles. The fraction of sp³-hybridized carbons (Fsp3) is 0.600. The molecular formula is C20H35N5O. The number of hydrogen-bond donors (Lipinski definition) is 2. The summed E-state index contributed by atoms with van der Waals surface area (Å²) in [4.78, 5) is 21.2. The molecule has 26 heavy (non-hydrogen) atoms. The summed E-state index contributed by atoms with van der Waals surface area (Å²) in [5.41, 5.74) is 1.71. The second kappa shape index (κ2) is 12.3. The summed E-state index contributed by atoms with van der Waals surface area (Å²) < 4.78 is 0. The first kappa shape index (κ1) is 22.0. The van der Waals surface area contributed by atoms with Crippen LogP contribution in [0.4, 0.5) is 0 Å². The van der Waals surface area contributed by atoms with Crippen molar-refractivity contribution >= 4 is 11.9 Å². The van der Waals surface area contributed by atoms with E-state index in [0.717, 1.165) is 44.0 Å². The number of likely N-dealkylation sites (N-methyl/N-ethyl adjacent to an activating group) is 1. The predicted octanol–water partition coefficient (Wildman–Crippen LogP) is 2.18. The molecule has 0 aliphatic carbocycles. The third-order valence-corrected chi connectivity index (χ3v) is 3.99. The smallest absolute Gasteiger partial charge is 0.251 e. The molecule has 0 aliphatic rings. The summed E-state index contributed by atoms with van der Waals surface area (Å²) in [6, 6.07) is 7.69. The van der Waals surface area contributed by atoms with Gasteiger partial charge in [0.05, 0.1) is 6.54 Å². The van der Waals surface area contributed by atoms with E-state index in [1.54, 1.807) is 0 Å². The minimum atomic E-state index is -0.0374. The molecule has 0 radical (unpaired) electrons. The number of benzene rings is 1. The SMILES string of the molecule is CCCCN(C)C(=NCc1cccc(C(=O)NCCN(C)C)c1)NCC. The maximum atomic E-state index is 12.3. The molecule has 1 rings (SSSR count). The van der Waals surface area contributed by atoms with Gasteiger partial charge in [-0.05, 0) is 45.1 Å². The normalized spacial score (nSPS) is 11.5. The lowest BCUT2D eigenvalue weighted by atomic mass is 10.1. The molecule has 0 atom stereocenters. The van der Waals surface area contributed by atoms with Crippen molar-refractivity contribution in [3.63, 3.8) is 0 Å². The number of guanidine groups is 1. The zero-order valence-electron chi connectivity index (χ0n) is 17.0. The van der Waals surface area contributed by atoms with E-state index < -0.39 is 0 Å². The van der Waals surface area contributed by atoms with E-state index in [1.165, 1.54) is 0 Å². The van der Waals surface area contributed by atoms with Gasteiger partial charge in [-0.2, -0.15) is 0 Å². The van der Waals surface area contributed by atoms with Gasteiger partial charge in [-0.15, -0.1) is 0 Å². The third-order valence-electron chi connectivity index (χ3n) is 3.99. The summed E-state index contributed by atoms with van der Waals surface area (Å²) in [6.45, 7) is 8.10. The molecule has 0 saturated carbocycles. The average Bonchev–Trinajstić information content (AvgIpc) is 2.63. The van der Waals surface area contributed by atoms with Crippen LogP contribution in [0.3, 0.4) is 0 Å². The molecule has 0 aromatic heterocycles. The number of aliphatic imine (C=N–C) groups is 1. The maximum Gasteiger partial charge on any atom is 0.251 e. The summed E-state index contributed by atoms with van der Waals surface area (Å²) in [7, 11) is 6.04. The van der Waals surface area contributed by atoms with Crippen molar-refractivity contribution in [2.24, 2.45) is 4.99 Å². The Labute approximate surface area is 158 Å². The molecule has 0 aliphatic heterocycles. The monoisotopic (exact) mass is 361 g/mol. The number of unbranched alkanes of at least 4 members (excludes halogenated alkanes) is 1. The first-order valence-electron chi connectivity index (χ1n) is 9.49. The first-order chi connectivity index (χ1) is 12.5. The summed E-state index contributed by atoms with van der Waals surface area (Å²) in [6.07, 6.45) is 2.30. The highest BCUT2D eigenvalue weighted by Gasteiger charge is 2.07. The number of hydrogen-bond acceptors (Lipinski definition) is 3. The number of nitrogens with zero attached hydrogens (tertiary/aromatic N) is 3. The third kappa shape index (κ3) is 8.34. The summed E-state index contributed by atoms with van der Waals surface area (Å²) in [5, 5.41) is 6.28. The van der Waals surface area contributed by atoms with Crippen LogP contribution in [0.5, 0.6) is 0 Å². The minimum Gasteiger partial charge on any atom is -0.357 e. The van der Waals surface area contributed by atoms with Crippen molar-refractivity contribution in [3.05, 3.63) is 35.4 Å². The Morgan fingerprint density at radius 3 is 2.54 bits per heavy atom. The van der Waals surface area contributed by atoms with Crippen LogP contribution in [0.25, 0.3) is 0 Å². The van der Waals surface area contributed by atoms with Gasteiger partial charge in [0.15, 0.2) is 5.96 Å². The van der Waals surface area contributed by atoms with Crippen molar-refractivity contribution in [1.29, 1.82) is 0 Å². The van der Waals surface area contributed by atoms with Crippen molar-refractivity contribution in [1.82, 2.24) is 20.4 Å². The van der Waals surface area contributed by atoms with E-state index in [9.17, 15) is 4.79 Å². The van der Waals surface area contributed by atoms with E-state index in [2.05, 4.69) is 36.4 Å². The Morgan fingerprint density at radius 1 is 1.12 bits per heavy atom. The lowest BCUT2D eigenvalue weighted by Crippen LogP contribution is -2.39. The van der Waals surface area contributed by atoms with E-state index >= 15 is 0 Å². The van der Waals surface area contributed by atoms with E-state index in [1.807, 2.05) is 43.3 Å². The highest BCUT2D eigenvalue weighted by molar-refractivity contribution is 5.94. The van der Waals surface area contributed by atoms with Gasteiger partial charge in [0.1, 0.15) is 0 Å². The van der Waals surface area contributed by atoms with Crippen LogP contribution in [0.15, 0.2) is 29.3 Å². The number of amides is 1. The van der Waals surface area contributed by atoms with Crippen LogP contribution in [0.2, 0.25) is 0 Å². The maximum absolute atomic E-state index is 12.3. The number of carbonyl (C=O) groups is 1. The van der Waals surface area contributed by atoms with E-state index in [0.29, 0.717) is 18.7 Å². The Bertz CT molecular complexity index is 571. The van der Waals surface area contributed by atoms with Crippen LogP contribution < -0.4 is 10.6 Å². The lowest BCUT2D eigenvalue weighted by Gasteiger charge is -2.21. The second-order valence-electron chi connectivity index (χ2n) is 6.70. The van der Waals surface area contributed by atoms with Gasteiger partial charge in [0, 0.05) is 38.8 Å². The molecular weight excluding hydrogens is 326 g/mol. The van der Waals surface area contributed by atoms with Gasteiger partial charge < -0.3 is 20.4 Å². The highest BCUT2D eigenvalue weighted by Crippen LogP contribution is 2.07. The predicted molar refractivity (Wildman–Crippen MR) is 110 cm³/mol. The van der Waals surface area contributed by atoms with Gasteiger partial charge in [-0.1, -0.05) is 25.5 Å². The average molecular weight is 362 g/mol. The Morgan fingerprint density at radius 2 is 1.88 bits per heavy atom. The van der Waals surface area contributed by atoms with Crippen LogP contribution in [-0.2, 0) is 6.54 Å². The van der Waals surface area contributed by atoms with Crippen molar-refractivity contribution < 1.29 is 4.79 Å². The molecule has 146 valence electrons. The van der Waals surface area contributed by atoms with Gasteiger partial charge in [-0.3, -0.25) is 4.79 Å². The summed E-state index contributed by atoms with van der Waals surface area (Å²) in [5.74, 6) is 0.867. The zero-order valence-corrected chi connectivity index (χ0v) is 17.0. The van der Waals surface area contributed by atoms with Gasteiger partial charge in [0.25, 0.3) is 5.91 Å².